The molecule has 0 atom stereocenters. The molecule has 5 nitrogen and oxygen atoms in total. The number of hydrogen-bond donors (Lipinski definition) is 2. The molecule has 3 rings (SSSR count). The fourth-order valence-corrected chi connectivity index (χ4v) is 2.93. The zero-order valence-electron chi connectivity index (χ0n) is 13.2. The van der Waals surface area contributed by atoms with Gasteiger partial charge in [0.05, 0.1) is 6.42 Å². The van der Waals surface area contributed by atoms with Crippen molar-refractivity contribution in [3.05, 3.63) is 69.4 Å². The van der Waals surface area contributed by atoms with Gasteiger partial charge in [-0.15, -0.1) is 0 Å². The van der Waals surface area contributed by atoms with E-state index >= 15 is 0 Å². The van der Waals surface area contributed by atoms with Crippen LogP contribution in [0.2, 0.25) is 10.0 Å². The number of carbonyl (C=O) groups excluding carboxylic acids is 2. The number of halogens is 2. The van der Waals surface area contributed by atoms with Crippen LogP contribution in [0.4, 0.5) is 0 Å². The zero-order valence-corrected chi connectivity index (χ0v) is 14.7. The van der Waals surface area contributed by atoms with Crippen molar-refractivity contribution >= 4 is 46.0 Å². The van der Waals surface area contributed by atoms with Gasteiger partial charge in [-0.2, -0.15) is 0 Å². The molecular weight excluding hydrogens is 363 g/mol. The Morgan fingerprint density at radius 2 is 1.84 bits per heavy atom. The highest BCUT2D eigenvalue weighted by atomic mass is 35.5. The van der Waals surface area contributed by atoms with Crippen molar-refractivity contribution < 1.29 is 14.0 Å². The SMILES string of the molecule is Cc1c(C(=O)NNC(=O)Cc2ccc(Cl)cc2Cl)oc2ccccc12. The molecular formula is C18H14Cl2N2O3. The van der Waals surface area contributed by atoms with Gasteiger partial charge in [-0.05, 0) is 30.7 Å². The van der Waals surface area contributed by atoms with Crippen LogP contribution < -0.4 is 10.9 Å². The molecule has 0 radical (unpaired) electrons. The third-order valence-electron chi connectivity index (χ3n) is 3.73. The van der Waals surface area contributed by atoms with Crippen molar-refractivity contribution in [3.63, 3.8) is 0 Å². The molecule has 0 aliphatic heterocycles. The van der Waals surface area contributed by atoms with Gasteiger partial charge in [0.2, 0.25) is 5.91 Å². The second-order valence-corrected chi connectivity index (χ2v) is 6.31. The van der Waals surface area contributed by atoms with Crippen LogP contribution in [0.3, 0.4) is 0 Å². The summed E-state index contributed by atoms with van der Waals surface area (Å²) >= 11 is 11.9. The second kappa shape index (κ2) is 7.17. The van der Waals surface area contributed by atoms with Crippen molar-refractivity contribution in [1.82, 2.24) is 10.9 Å². The number of benzene rings is 2. The molecule has 7 heteroatoms. The number of nitrogens with one attached hydrogen (secondary N) is 2. The highest BCUT2D eigenvalue weighted by molar-refractivity contribution is 6.35. The predicted octanol–water partition coefficient (Wildman–Crippen LogP) is 4.05. The number of aryl methyl sites for hydroxylation is 1. The number of hydrogen-bond acceptors (Lipinski definition) is 3. The Bertz CT molecular complexity index is 966. The summed E-state index contributed by atoms with van der Waals surface area (Å²) in [6, 6.07) is 12.2. The largest absolute Gasteiger partial charge is 0.451 e. The Kier molecular flexibility index (Phi) is 4.97. The molecule has 0 bridgehead atoms. The number of hydrazine groups is 1. The monoisotopic (exact) mass is 376 g/mol. The predicted molar refractivity (Wildman–Crippen MR) is 96.7 cm³/mol. The van der Waals surface area contributed by atoms with Crippen molar-refractivity contribution in [3.8, 4) is 0 Å². The Balaban J connectivity index is 1.65. The van der Waals surface area contributed by atoms with E-state index in [-0.39, 0.29) is 12.2 Å². The Morgan fingerprint density at radius 1 is 1.08 bits per heavy atom. The first-order valence-electron chi connectivity index (χ1n) is 7.47. The maximum absolute atomic E-state index is 12.2. The van der Waals surface area contributed by atoms with Crippen LogP contribution in [0.15, 0.2) is 46.9 Å². The molecule has 0 fully saturated rings. The van der Waals surface area contributed by atoms with E-state index in [2.05, 4.69) is 10.9 Å². The maximum atomic E-state index is 12.2. The average Bonchev–Trinajstić information content (AvgIpc) is 2.93. The van der Waals surface area contributed by atoms with Crippen molar-refractivity contribution in [2.75, 3.05) is 0 Å². The van der Waals surface area contributed by atoms with Crippen molar-refractivity contribution in [2.45, 2.75) is 13.3 Å². The van der Waals surface area contributed by atoms with Crippen molar-refractivity contribution in [1.29, 1.82) is 0 Å². The van der Waals surface area contributed by atoms with Gasteiger partial charge in [-0.25, -0.2) is 0 Å². The van der Waals surface area contributed by atoms with Crippen LogP contribution in [0.5, 0.6) is 0 Å². The molecule has 1 heterocycles. The van der Waals surface area contributed by atoms with Gasteiger partial charge in [0.15, 0.2) is 5.76 Å². The topological polar surface area (TPSA) is 71.3 Å². The van der Waals surface area contributed by atoms with Crippen LogP contribution in [0, 0.1) is 6.92 Å². The zero-order chi connectivity index (χ0) is 18.0. The van der Waals surface area contributed by atoms with Crippen LogP contribution in [0.1, 0.15) is 21.7 Å². The van der Waals surface area contributed by atoms with E-state index in [9.17, 15) is 9.59 Å². The number of furan rings is 1. The number of rotatable bonds is 3. The standard InChI is InChI=1S/C18H14Cl2N2O3/c1-10-13-4-2-3-5-15(13)25-17(10)18(24)22-21-16(23)8-11-6-7-12(19)9-14(11)20/h2-7,9H,8H2,1H3,(H,21,23)(H,22,24). The summed E-state index contributed by atoms with van der Waals surface area (Å²) < 4.78 is 5.54. The quantitative estimate of drug-likeness (QED) is 0.677. The third-order valence-corrected chi connectivity index (χ3v) is 4.32. The molecule has 0 saturated carbocycles. The Morgan fingerprint density at radius 3 is 2.56 bits per heavy atom. The lowest BCUT2D eigenvalue weighted by Crippen LogP contribution is -2.42. The fourth-order valence-electron chi connectivity index (χ4n) is 2.46. The van der Waals surface area contributed by atoms with E-state index < -0.39 is 11.8 Å². The summed E-state index contributed by atoms with van der Waals surface area (Å²) in [6.45, 7) is 1.79. The summed E-state index contributed by atoms with van der Waals surface area (Å²) in [5, 5.41) is 1.73. The summed E-state index contributed by atoms with van der Waals surface area (Å²) in [7, 11) is 0. The smallest absolute Gasteiger partial charge is 0.305 e. The summed E-state index contributed by atoms with van der Waals surface area (Å²) in [5.74, 6) is -0.776. The Labute approximate surface area is 153 Å². The first-order chi connectivity index (χ1) is 12.0. The van der Waals surface area contributed by atoms with E-state index in [4.69, 9.17) is 27.6 Å². The molecule has 2 aromatic carbocycles. The van der Waals surface area contributed by atoms with Crippen LogP contribution >= 0.6 is 23.2 Å². The van der Waals surface area contributed by atoms with Gasteiger partial charge in [0, 0.05) is 21.0 Å². The molecule has 0 spiro atoms. The van der Waals surface area contributed by atoms with Gasteiger partial charge in [-0.1, -0.05) is 47.5 Å². The van der Waals surface area contributed by atoms with Gasteiger partial charge in [0.1, 0.15) is 5.58 Å². The highest BCUT2D eigenvalue weighted by Gasteiger charge is 2.18. The third kappa shape index (κ3) is 3.78. The number of carbonyl (C=O) groups is 2. The van der Waals surface area contributed by atoms with Gasteiger partial charge < -0.3 is 4.42 Å². The highest BCUT2D eigenvalue weighted by Crippen LogP contribution is 2.24. The molecule has 3 aromatic rings. The molecule has 25 heavy (non-hydrogen) atoms. The average molecular weight is 377 g/mol. The summed E-state index contributed by atoms with van der Waals surface area (Å²) in [4.78, 5) is 24.2. The summed E-state index contributed by atoms with van der Waals surface area (Å²) in [5.41, 5.74) is 6.64. The summed E-state index contributed by atoms with van der Waals surface area (Å²) in [6.07, 6.45) is 0.00932. The molecule has 2 amide bonds. The van der Waals surface area contributed by atoms with E-state index in [1.54, 1.807) is 31.2 Å². The second-order valence-electron chi connectivity index (χ2n) is 5.47. The molecule has 128 valence electrons. The minimum atomic E-state index is -0.524. The molecule has 0 aliphatic carbocycles. The van der Waals surface area contributed by atoms with E-state index in [0.717, 1.165) is 5.39 Å². The van der Waals surface area contributed by atoms with Crippen LogP contribution in [0.25, 0.3) is 11.0 Å². The molecule has 2 N–H and O–H groups in total. The maximum Gasteiger partial charge on any atom is 0.305 e. The fraction of sp³-hybridized carbons (Fsp3) is 0.111. The van der Waals surface area contributed by atoms with E-state index in [1.807, 2.05) is 18.2 Å². The van der Waals surface area contributed by atoms with Gasteiger partial charge in [-0.3, -0.25) is 20.4 Å². The molecule has 1 aromatic heterocycles. The van der Waals surface area contributed by atoms with Crippen molar-refractivity contribution in [2.24, 2.45) is 0 Å². The number of para-hydroxylation sites is 1. The first-order valence-corrected chi connectivity index (χ1v) is 8.22. The minimum absolute atomic E-state index is 0.00932. The van der Waals surface area contributed by atoms with Gasteiger partial charge in [0.25, 0.3) is 0 Å². The van der Waals surface area contributed by atoms with E-state index in [1.165, 1.54) is 0 Å². The van der Waals surface area contributed by atoms with Crippen LogP contribution in [-0.2, 0) is 11.2 Å². The molecule has 0 unspecified atom stereocenters. The molecule has 0 saturated heterocycles. The lowest BCUT2D eigenvalue weighted by Gasteiger charge is -2.08. The first kappa shape index (κ1) is 17.3. The lowest BCUT2D eigenvalue weighted by atomic mass is 10.1. The van der Waals surface area contributed by atoms with Crippen LogP contribution in [-0.4, -0.2) is 11.8 Å². The number of fused-ring (bicyclic) bond motifs is 1. The Hall–Kier alpha value is -2.50. The number of amides is 2. The minimum Gasteiger partial charge on any atom is -0.451 e. The van der Waals surface area contributed by atoms with E-state index in [0.29, 0.717) is 26.8 Å². The van der Waals surface area contributed by atoms with Gasteiger partial charge >= 0.3 is 5.91 Å². The molecule has 0 aliphatic rings. The lowest BCUT2D eigenvalue weighted by molar-refractivity contribution is -0.121. The normalized spacial score (nSPS) is 10.7.